The second-order valence-corrected chi connectivity index (χ2v) is 5.13. The van der Waals surface area contributed by atoms with Crippen molar-refractivity contribution in [3.8, 4) is 0 Å². The quantitative estimate of drug-likeness (QED) is 0.786. The fourth-order valence-corrected chi connectivity index (χ4v) is 2.47. The first kappa shape index (κ1) is 12.6. The van der Waals surface area contributed by atoms with Crippen LogP contribution in [-0.4, -0.2) is 33.6 Å². The van der Waals surface area contributed by atoms with Gasteiger partial charge in [0, 0.05) is 31.5 Å². The predicted molar refractivity (Wildman–Crippen MR) is 67.7 cm³/mol. The smallest absolute Gasteiger partial charge is 0.0580 e. The standard InChI is InChI=1S/C13H23N3O/c1-11(6-9-16-8-3-7-15-16)14-10-12-4-2-5-13(12)17/h3,7-8,11-14,17H,2,4-6,9-10H2,1H3. The third-order valence-electron chi connectivity index (χ3n) is 3.70. The van der Waals surface area contributed by atoms with Crippen LogP contribution in [0.3, 0.4) is 0 Å². The summed E-state index contributed by atoms with van der Waals surface area (Å²) in [5, 5.41) is 17.4. The van der Waals surface area contributed by atoms with Crippen LogP contribution in [0.25, 0.3) is 0 Å². The number of nitrogens with one attached hydrogen (secondary N) is 1. The molecule has 0 spiro atoms. The molecule has 4 heteroatoms. The summed E-state index contributed by atoms with van der Waals surface area (Å²) in [6.45, 7) is 4.10. The van der Waals surface area contributed by atoms with E-state index in [9.17, 15) is 5.11 Å². The van der Waals surface area contributed by atoms with Crippen LogP contribution >= 0.6 is 0 Å². The molecule has 1 aromatic rings. The summed E-state index contributed by atoms with van der Waals surface area (Å²) in [5.74, 6) is 0.460. The maximum atomic E-state index is 9.73. The molecule has 17 heavy (non-hydrogen) atoms. The Morgan fingerprint density at radius 3 is 3.06 bits per heavy atom. The Balaban J connectivity index is 1.62. The monoisotopic (exact) mass is 237 g/mol. The van der Waals surface area contributed by atoms with Crippen molar-refractivity contribution in [1.29, 1.82) is 0 Å². The molecule has 96 valence electrons. The van der Waals surface area contributed by atoms with Crippen molar-refractivity contribution in [2.24, 2.45) is 5.92 Å². The highest BCUT2D eigenvalue weighted by atomic mass is 16.3. The van der Waals surface area contributed by atoms with Gasteiger partial charge in [0.25, 0.3) is 0 Å². The van der Waals surface area contributed by atoms with E-state index in [1.165, 1.54) is 12.8 Å². The zero-order chi connectivity index (χ0) is 12.1. The van der Waals surface area contributed by atoms with E-state index in [1.807, 2.05) is 23.1 Å². The van der Waals surface area contributed by atoms with Crippen molar-refractivity contribution in [1.82, 2.24) is 15.1 Å². The molecule has 0 amide bonds. The third-order valence-corrected chi connectivity index (χ3v) is 3.70. The lowest BCUT2D eigenvalue weighted by Crippen LogP contribution is -2.34. The van der Waals surface area contributed by atoms with E-state index < -0.39 is 0 Å². The molecular formula is C13H23N3O. The first-order valence-electron chi connectivity index (χ1n) is 6.64. The van der Waals surface area contributed by atoms with Crippen molar-refractivity contribution >= 4 is 0 Å². The van der Waals surface area contributed by atoms with Gasteiger partial charge in [0.15, 0.2) is 0 Å². The van der Waals surface area contributed by atoms with E-state index >= 15 is 0 Å². The maximum Gasteiger partial charge on any atom is 0.0580 e. The van der Waals surface area contributed by atoms with Crippen LogP contribution in [0, 0.1) is 5.92 Å². The minimum absolute atomic E-state index is 0.0826. The van der Waals surface area contributed by atoms with Crippen LogP contribution in [0.1, 0.15) is 32.6 Å². The van der Waals surface area contributed by atoms with Crippen LogP contribution in [0.2, 0.25) is 0 Å². The van der Waals surface area contributed by atoms with Gasteiger partial charge < -0.3 is 10.4 Å². The number of hydrogen-bond donors (Lipinski definition) is 2. The zero-order valence-corrected chi connectivity index (χ0v) is 10.5. The minimum atomic E-state index is -0.0826. The lowest BCUT2D eigenvalue weighted by Gasteiger charge is -2.19. The summed E-state index contributed by atoms with van der Waals surface area (Å²) in [6, 6.07) is 2.43. The van der Waals surface area contributed by atoms with Gasteiger partial charge in [-0.1, -0.05) is 6.42 Å². The van der Waals surface area contributed by atoms with Crippen LogP contribution in [-0.2, 0) is 6.54 Å². The van der Waals surface area contributed by atoms with Gasteiger partial charge in [-0.05, 0) is 38.2 Å². The number of aryl methyl sites for hydroxylation is 1. The fraction of sp³-hybridized carbons (Fsp3) is 0.769. The molecule has 0 radical (unpaired) electrons. The molecule has 0 bridgehead atoms. The Labute approximate surface area is 103 Å². The minimum Gasteiger partial charge on any atom is -0.393 e. The molecule has 1 aliphatic carbocycles. The van der Waals surface area contributed by atoms with Crippen molar-refractivity contribution < 1.29 is 5.11 Å². The Hall–Kier alpha value is -0.870. The largest absolute Gasteiger partial charge is 0.393 e. The summed E-state index contributed by atoms with van der Waals surface area (Å²) in [6.07, 6.45) is 8.12. The highest BCUT2D eigenvalue weighted by molar-refractivity contribution is 4.80. The summed E-state index contributed by atoms with van der Waals surface area (Å²) < 4.78 is 1.96. The topological polar surface area (TPSA) is 50.1 Å². The van der Waals surface area contributed by atoms with Crippen molar-refractivity contribution in [3.05, 3.63) is 18.5 Å². The molecule has 2 N–H and O–H groups in total. The number of nitrogens with zero attached hydrogens (tertiary/aromatic N) is 2. The lowest BCUT2D eigenvalue weighted by atomic mass is 10.1. The number of aromatic nitrogens is 2. The van der Waals surface area contributed by atoms with Gasteiger partial charge in [-0.25, -0.2) is 0 Å². The van der Waals surface area contributed by atoms with E-state index in [1.54, 1.807) is 0 Å². The van der Waals surface area contributed by atoms with E-state index in [0.717, 1.165) is 25.9 Å². The molecule has 0 aliphatic heterocycles. The highest BCUT2D eigenvalue weighted by Gasteiger charge is 2.24. The number of aliphatic hydroxyl groups is 1. The summed E-state index contributed by atoms with van der Waals surface area (Å²) in [5.41, 5.74) is 0. The van der Waals surface area contributed by atoms with E-state index in [4.69, 9.17) is 0 Å². The Bertz CT molecular complexity index is 312. The molecule has 2 rings (SSSR count). The zero-order valence-electron chi connectivity index (χ0n) is 10.5. The van der Waals surface area contributed by atoms with Gasteiger partial charge in [-0.15, -0.1) is 0 Å². The Kier molecular flexibility index (Phi) is 4.57. The second-order valence-electron chi connectivity index (χ2n) is 5.13. The normalized spacial score (nSPS) is 26.2. The number of rotatable bonds is 6. The highest BCUT2D eigenvalue weighted by Crippen LogP contribution is 2.24. The van der Waals surface area contributed by atoms with Gasteiger partial charge in [-0.3, -0.25) is 4.68 Å². The molecule has 1 saturated carbocycles. The second kappa shape index (κ2) is 6.17. The first-order valence-corrected chi connectivity index (χ1v) is 6.64. The molecule has 1 aliphatic rings. The molecule has 3 atom stereocenters. The molecule has 4 nitrogen and oxygen atoms in total. The molecule has 1 fully saturated rings. The van der Waals surface area contributed by atoms with E-state index in [-0.39, 0.29) is 6.10 Å². The lowest BCUT2D eigenvalue weighted by molar-refractivity contribution is 0.130. The van der Waals surface area contributed by atoms with Gasteiger partial charge in [0.05, 0.1) is 6.10 Å². The average Bonchev–Trinajstić information content (AvgIpc) is 2.95. The molecule has 0 aromatic carbocycles. The predicted octanol–water partition coefficient (Wildman–Crippen LogP) is 1.41. The van der Waals surface area contributed by atoms with E-state index in [2.05, 4.69) is 17.3 Å². The van der Waals surface area contributed by atoms with Crippen LogP contribution in [0.5, 0.6) is 0 Å². The number of aliphatic hydroxyl groups excluding tert-OH is 1. The number of hydrogen-bond acceptors (Lipinski definition) is 3. The molecule has 1 aromatic heterocycles. The van der Waals surface area contributed by atoms with Gasteiger partial charge in [-0.2, -0.15) is 5.10 Å². The van der Waals surface area contributed by atoms with Crippen molar-refractivity contribution in [2.45, 2.75) is 51.3 Å². The third kappa shape index (κ3) is 3.82. The maximum absolute atomic E-state index is 9.73. The Morgan fingerprint density at radius 2 is 2.41 bits per heavy atom. The Morgan fingerprint density at radius 1 is 1.53 bits per heavy atom. The van der Waals surface area contributed by atoms with Crippen LogP contribution in [0.15, 0.2) is 18.5 Å². The summed E-state index contributed by atoms with van der Waals surface area (Å²) >= 11 is 0. The van der Waals surface area contributed by atoms with Crippen LogP contribution < -0.4 is 5.32 Å². The SMILES string of the molecule is CC(CCn1cccn1)NCC1CCCC1O. The average molecular weight is 237 g/mol. The van der Waals surface area contributed by atoms with E-state index in [0.29, 0.717) is 12.0 Å². The van der Waals surface area contributed by atoms with Crippen molar-refractivity contribution in [2.75, 3.05) is 6.54 Å². The fourth-order valence-electron chi connectivity index (χ4n) is 2.47. The molecule has 3 unspecified atom stereocenters. The van der Waals surface area contributed by atoms with Gasteiger partial charge in [0.2, 0.25) is 0 Å². The summed E-state index contributed by atoms with van der Waals surface area (Å²) in [4.78, 5) is 0. The van der Waals surface area contributed by atoms with Crippen LogP contribution in [0.4, 0.5) is 0 Å². The van der Waals surface area contributed by atoms with Crippen molar-refractivity contribution in [3.63, 3.8) is 0 Å². The summed E-state index contributed by atoms with van der Waals surface area (Å²) in [7, 11) is 0. The molecule has 0 saturated heterocycles. The van der Waals surface area contributed by atoms with Gasteiger partial charge in [0.1, 0.15) is 0 Å². The molecule has 1 heterocycles. The first-order chi connectivity index (χ1) is 8.25. The molecular weight excluding hydrogens is 214 g/mol. The van der Waals surface area contributed by atoms with Gasteiger partial charge >= 0.3 is 0 Å².